The van der Waals surface area contributed by atoms with Crippen LogP contribution in [0.2, 0.25) is 0 Å². The lowest BCUT2D eigenvalue weighted by molar-refractivity contribution is -0.138. The minimum Gasteiger partial charge on any atom is -0.383 e. The zero-order valence-corrected chi connectivity index (χ0v) is 15.0. The van der Waals surface area contributed by atoms with Gasteiger partial charge in [0.15, 0.2) is 0 Å². The van der Waals surface area contributed by atoms with Gasteiger partial charge in [-0.2, -0.15) is 0 Å². The van der Waals surface area contributed by atoms with Crippen molar-refractivity contribution in [2.45, 2.75) is 38.1 Å². The van der Waals surface area contributed by atoms with Crippen molar-refractivity contribution >= 4 is 5.91 Å². The molecular formula is C18H30N4O2. The number of likely N-dealkylation sites (tertiary alicyclic amines) is 2. The van der Waals surface area contributed by atoms with E-state index in [1.807, 2.05) is 12.4 Å². The number of imidazole rings is 1. The average Bonchev–Trinajstić information content (AvgIpc) is 3.08. The van der Waals surface area contributed by atoms with Crippen LogP contribution in [0, 0.1) is 5.92 Å². The Hall–Kier alpha value is -1.40. The van der Waals surface area contributed by atoms with Crippen LogP contribution in [0.15, 0.2) is 12.4 Å². The van der Waals surface area contributed by atoms with Crippen LogP contribution < -0.4 is 0 Å². The SMILES string of the molecule is COCCn1ccnc1C1CCN(C(=O)[C@H]2CCCN(C)C2)CC1. The van der Waals surface area contributed by atoms with Crippen LogP contribution in [0.4, 0.5) is 0 Å². The summed E-state index contributed by atoms with van der Waals surface area (Å²) < 4.78 is 7.37. The molecule has 0 radical (unpaired) electrons. The highest BCUT2D eigenvalue weighted by molar-refractivity contribution is 5.79. The number of carbonyl (C=O) groups excluding carboxylic acids is 1. The predicted octanol–water partition coefficient (Wildman–Crippen LogP) is 1.58. The molecule has 24 heavy (non-hydrogen) atoms. The van der Waals surface area contributed by atoms with E-state index in [-0.39, 0.29) is 5.92 Å². The van der Waals surface area contributed by atoms with Crippen molar-refractivity contribution in [1.82, 2.24) is 19.4 Å². The molecule has 6 heteroatoms. The molecule has 2 saturated heterocycles. The second kappa shape index (κ2) is 8.12. The van der Waals surface area contributed by atoms with E-state index >= 15 is 0 Å². The van der Waals surface area contributed by atoms with Gasteiger partial charge in [0.2, 0.25) is 5.91 Å². The van der Waals surface area contributed by atoms with Gasteiger partial charge in [-0.3, -0.25) is 4.79 Å². The van der Waals surface area contributed by atoms with Crippen molar-refractivity contribution in [2.75, 3.05) is 46.9 Å². The topological polar surface area (TPSA) is 50.6 Å². The molecule has 0 N–H and O–H groups in total. The van der Waals surface area contributed by atoms with Crippen LogP contribution in [-0.4, -0.2) is 72.2 Å². The Kier molecular flexibility index (Phi) is 5.89. The van der Waals surface area contributed by atoms with Gasteiger partial charge < -0.3 is 19.1 Å². The van der Waals surface area contributed by atoms with Gasteiger partial charge in [0, 0.05) is 51.6 Å². The molecule has 2 aliphatic heterocycles. The first kappa shape index (κ1) is 17.4. The molecule has 6 nitrogen and oxygen atoms in total. The summed E-state index contributed by atoms with van der Waals surface area (Å²) in [7, 11) is 3.84. The highest BCUT2D eigenvalue weighted by Gasteiger charge is 2.31. The minimum absolute atomic E-state index is 0.198. The van der Waals surface area contributed by atoms with Crippen LogP contribution in [0.25, 0.3) is 0 Å². The van der Waals surface area contributed by atoms with E-state index in [4.69, 9.17) is 4.74 Å². The molecular weight excluding hydrogens is 304 g/mol. The van der Waals surface area contributed by atoms with E-state index in [1.54, 1.807) is 7.11 Å². The Morgan fingerprint density at radius 1 is 1.29 bits per heavy atom. The molecule has 0 spiro atoms. The highest BCUT2D eigenvalue weighted by atomic mass is 16.5. The number of hydrogen-bond acceptors (Lipinski definition) is 4. The Labute approximate surface area is 144 Å². The second-order valence-corrected chi connectivity index (χ2v) is 7.17. The number of piperidine rings is 2. The average molecular weight is 334 g/mol. The molecule has 1 aromatic heterocycles. The van der Waals surface area contributed by atoms with Crippen LogP contribution in [0.3, 0.4) is 0 Å². The van der Waals surface area contributed by atoms with Gasteiger partial charge in [-0.05, 0) is 39.3 Å². The fourth-order valence-electron chi connectivity index (χ4n) is 4.04. The molecule has 0 aromatic carbocycles. The summed E-state index contributed by atoms with van der Waals surface area (Å²) in [5.74, 6) is 2.16. The number of aromatic nitrogens is 2. The van der Waals surface area contributed by atoms with Gasteiger partial charge in [-0.25, -0.2) is 4.98 Å². The van der Waals surface area contributed by atoms with E-state index in [9.17, 15) is 4.79 Å². The first-order chi connectivity index (χ1) is 11.7. The number of carbonyl (C=O) groups is 1. The quantitative estimate of drug-likeness (QED) is 0.820. The van der Waals surface area contributed by atoms with Crippen molar-refractivity contribution < 1.29 is 9.53 Å². The maximum Gasteiger partial charge on any atom is 0.226 e. The third-order valence-corrected chi connectivity index (χ3v) is 5.43. The number of nitrogens with zero attached hydrogens (tertiary/aromatic N) is 4. The van der Waals surface area contributed by atoms with Gasteiger partial charge in [0.1, 0.15) is 5.82 Å². The first-order valence-corrected chi connectivity index (χ1v) is 9.16. The number of ether oxygens (including phenoxy) is 1. The van der Waals surface area contributed by atoms with Crippen molar-refractivity contribution in [1.29, 1.82) is 0 Å². The number of rotatable bonds is 5. The van der Waals surface area contributed by atoms with E-state index < -0.39 is 0 Å². The maximum atomic E-state index is 12.8. The Bertz CT molecular complexity index is 537. The van der Waals surface area contributed by atoms with Crippen molar-refractivity contribution in [3.05, 3.63) is 18.2 Å². The fourth-order valence-corrected chi connectivity index (χ4v) is 4.04. The van der Waals surface area contributed by atoms with Gasteiger partial charge in [0.25, 0.3) is 0 Å². The molecule has 0 unspecified atom stereocenters. The summed E-state index contributed by atoms with van der Waals surface area (Å²) in [5.41, 5.74) is 0. The van der Waals surface area contributed by atoms with Gasteiger partial charge in [0.05, 0.1) is 12.5 Å². The largest absolute Gasteiger partial charge is 0.383 e. The first-order valence-electron chi connectivity index (χ1n) is 9.16. The van der Waals surface area contributed by atoms with E-state index in [1.165, 1.54) is 0 Å². The summed E-state index contributed by atoms with van der Waals surface area (Å²) in [6, 6.07) is 0. The summed E-state index contributed by atoms with van der Waals surface area (Å²) in [6.45, 7) is 5.31. The van der Waals surface area contributed by atoms with Crippen LogP contribution in [-0.2, 0) is 16.1 Å². The lowest BCUT2D eigenvalue weighted by atomic mass is 9.92. The number of amides is 1. The zero-order valence-electron chi connectivity index (χ0n) is 15.0. The monoisotopic (exact) mass is 334 g/mol. The van der Waals surface area contributed by atoms with Crippen LogP contribution in [0.1, 0.15) is 37.4 Å². The molecule has 2 aliphatic rings. The predicted molar refractivity (Wildman–Crippen MR) is 92.9 cm³/mol. The lowest BCUT2D eigenvalue weighted by Crippen LogP contribution is -2.46. The molecule has 1 atom stereocenters. The Morgan fingerprint density at radius 2 is 2.08 bits per heavy atom. The van der Waals surface area contributed by atoms with Crippen molar-refractivity contribution in [3.63, 3.8) is 0 Å². The summed E-state index contributed by atoms with van der Waals surface area (Å²) in [4.78, 5) is 21.7. The van der Waals surface area contributed by atoms with Gasteiger partial charge in [-0.15, -0.1) is 0 Å². The lowest BCUT2D eigenvalue weighted by Gasteiger charge is -2.36. The van der Waals surface area contributed by atoms with Gasteiger partial charge in [-0.1, -0.05) is 0 Å². The third kappa shape index (κ3) is 3.98. The Morgan fingerprint density at radius 3 is 2.79 bits per heavy atom. The molecule has 2 fully saturated rings. The van der Waals surface area contributed by atoms with E-state index in [0.717, 1.165) is 64.2 Å². The van der Waals surface area contributed by atoms with Crippen molar-refractivity contribution in [3.8, 4) is 0 Å². The van der Waals surface area contributed by atoms with Crippen LogP contribution in [0.5, 0.6) is 0 Å². The molecule has 1 amide bonds. The molecule has 0 aliphatic carbocycles. The minimum atomic E-state index is 0.198. The number of hydrogen-bond donors (Lipinski definition) is 0. The molecule has 3 heterocycles. The Balaban J connectivity index is 1.54. The van der Waals surface area contributed by atoms with E-state index in [2.05, 4.69) is 26.4 Å². The second-order valence-electron chi connectivity index (χ2n) is 7.17. The molecule has 3 rings (SSSR count). The maximum absolute atomic E-state index is 12.8. The normalized spacial score (nSPS) is 23.6. The van der Waals surface area contributed by atoms with Gasteiger partial charge >= 0.3 is 0 Å². The zero-order chi connectivity index (χ0) is 16.9. The summed E-state index contributed by atoms with van der Waals surface area (Å²) in [6.07, 6.45) is 8.12. The standard InChI is InChI=1S/C18H30N4O2/c1-20-8-3-4-16(14-20)18(23)22-9-5-15(6-10-22)17-19-7-11-21(17)12-13-24-2/h7,11,15-16H,3-6,8-10,12-14H2,1-2H3/t16-/m0/s1. The van der Waals surface area contributed by atoms with Crippen molar-refractivity contribution in [2.24, 2.45) is 5.92 Å². The summed E-state index contributed by atoms with van der Waals surface area (Å²) in [5, 5.41) is 0. The molecule has 134 valence electrons. The highest BCUT2D eigenvalue weighted by Crippen LogP contribution is 2.28. The molecule has 0 bridgehead atoms. The third-order valence-electron chi connectivity index (χ3n) is 5.43. The summed E-state index contributed by atoms with van der Waals surface area (Å²) >= 11 is 0. The van der Waals surface area contributed by atoms with Crippen LogP contribution >= 0.6 is 0 Å². The number of methoxy groups -OCH3 is 1. The molecule has 1 aromatic rings. The smallest absolute Gasteiger partial charge is 0.226 e. The fraction of sp³-hybridized carbons (Fsp3) is 0.778. The molecule has 0 saturated carbocycles. The van der Waals surface area contributed by atoms with E-state index in [0.29, 0.717) is 18.4 Å².